The normalized spacial score (nSPS) is 12.2. The van der Waals surface area contributed by atoms with E-state index in [2.05, 4.69) is 18.6 Å². The quantitative estimate of drug-likeness (QED) is 0.551. The Labute approximate surface area is 105 Å². The Morgan fingerprint density at radius 2 is 1.76 bits per heavy atom. The lowest BCUT2D eigenvalue weighted by Crippen LogP contribution is -2.08. The highest BCUT2D eigenvalue weighted by atomic mass is 16.5. The van der Waals surface area contributed by atoms with Crippen LogP contribution in [0.2, 0.25) is 0 Å². The molecule has 0 heterocycles. The Kier molecular flexibility index (Phi) is 9.78. The van der Waals surface area contributed by atoms with Crippen LogP contribution in [0.25, 0.3) is 0 Å². The summed E-state index contributed by atoms with van der Waals surface area (Å²) in [6.07, 6.45) is 6.96. The van der Waals surface area contributed by atoms with E-state index in [0.29, 0.717) is 18.8 Å². The SMILES string of the molecule is CCCCC(CC)CCC(=O)CCC(=O)OC. The molecule has 0 aliphatic heterocycles. The Balaban J connectivity index is 3.69. The number of hydrogen-bond acceptors (Lipinski definition) is 3. The zero-order valence-electron chi connectivity index (χ0n) is 11.5. The van der Waals surface area contributed by atoms with Crippen LogP contribution in [-0.2, 0) is 14.3 Å². The molecule has 0 aromatic rings. The van der Waals surface area contributed by atoms with E-state index in [-0.39, 0.29) is 18.2 Å². The van der Waals surface area contributed by atoms with Crippen molar-refractivity contribution in [3.63, 3.8) is 0 Å². The Morgan fingerprint density at radius 3 is 2.29 bits per heavy atom. The molecule has 0 aromatic heterocycles. The lowest BCUT2D eigenvalue weighted by molar-refractivity contribution is -0.141. The smallest absolute Gasteiger partial charge is 0.305 e. The minimum atomic E-state index is -0.295. The van der Waals surface area contributed by atoms with Gasteiger partial charge in [0.05, 0.1) is 13.5 Å². The van der Waals surface area contributed by atoms with Gasteiger partial charge in [0.25, 0.3) is 0 Å². The molecule has 0 radical (unpaired) electrons. The minimum Gasteiger partial charge on any atom is -0.469 e. The fraction of sp³-hybridized carbons (Fsp3) is 0.857. The van der Waals surface area contributed by atoms with Crippen molar-refractivity contribution in [2.45, 2.75) is 65.2 Å². The first kappa shape index (κ1) is 16.1. The van der Waals surface area contributed by atoms with Crippen molar-refractivity contribution in [2.24, 2.45) is 5.92 Å². The first-order chi connectivity index (χ1) is 8.13. The molecule has 1 unspecified atom stereocenters. The van der Waals surface area contributed by atoms with Crippen molar-refractivity contribution in [1.82, 2.24) is 0 Å². The van der Waals surface area contributed by atoms with Gasteiger partial charge in [-0.3, -0.25) is 9.59 Å². The van der Waals surface area contributed by atoms with E-state index in [1.807, 2.05) is 0 Å². The summed E-state index contributed by atoms with van der Waals surface area (Å²) in [7, 11) is 1.35. The maximum absolute atomic E-state index is 11.5. The second-order valence-electron chi connectivity index (χ2n) is 4.57. The van der Waals surface area contributed by atoms with Crippen LogP contribution < -0.4 is 0 Å². The van der Waals surface area contributed by atoms with Crippen LogP contribution >= 0.6 is 0 Å². The number of Topliss-reactive ketones (excluding diaryl/α,β-unsaturated/α-hetero) is 1. The first-order valence-electron chi connectivity index (χ1n) is 6.72. The molecule has 0 aromatic carbocycles. The third kappa shape index (κ3) is 8.90. The summed E-state index contributed by atoms with van der Waals surface area (Å²) in [5, 5.41) is 0. The molecule has 0 bridgehead atoms. The van der Waals surface area contributed by atoms with E-state index in [1.54, 1.807) is 0 Å². The fourth-order valence-corrected chi connectivity index (χ4v) is 1.88. The Bertz CT molecular complexity index is 224. The molecule has 0 saturated carbocycles. The van der Waals surface area contributed by atoms with Crippen LogP contribution in [-0.4, -0.2) is 18.9 Å². The van der Waals surface area contributed by atoms with Crippen LogP contribution in [0.4, 0.5) is 0 Å². The van der Waals surface area contributed by atoms with Crippen LogP contribution in [0.3, 0.4) is 0 Å². The molecule has 0 aliphatic carbocycles. The van der Waals surface area contributed by atoms with Gasteiger partial charge in [-0.1, -0.05) is 39.5 Å². The van der Waals surface area contributed by atoms with Gasteiger partial charge in [0.15, 0.2) is 0 Å². The lowest BCUT2D eigenvalue weighted by Gasteiger charge is -2.13. The average molecular weight is 242 g/mol. The Morgan fingerprint density at radius 1 is 1.06 bits per heavy atom. The first-order valence-corrected chi connectivity index (χ1v) is 6.72. The number of unbranched alkanes of at least 4 members (excludes halogenated alkanes) is 1. The number of esters is 1. The highest BCUT2D eigenvalue weighted by molar-refractivity contribution is 5.82. The van der Waals surface area contributed by atoms with Crippen molar-refractivity contribution in [3.05, 3.63) is 0 Å². The molecule has 1 atom stereocenters. The summed E-state index contributed by atoms with van der Waals surface area (Å²) in [5.41, 5.74) is 0. The molecule has 0 spiro atoms. The molecule has 0 amide bonds. The molecular weight excluding hydrogens is 216 g/mol. The number of ketones is 1. The van der Waals surface area contributed by atoms with Crippen molar-refractivity contribution in [3.8, 4) is 0 Å². The minimum absolute atomic E-state index is 0.186. The summed E-state index contributed by atoms with van der Waals surface area (Å²) in [6.45, 7) is 4.37. The van der Waals surface area contributed by atoms with E-state index >= 15 is 0 Å². The van der Waals surface area contributed by atoms with Gasteiger partial charge in [0, 0.05) is 12.8 Å². The third-order valence-electron chi connectivity index (χ3n) is 3.21. The van der Waals surface area contributed by atoms with E-state index in [1.165, 1.54) is 26.4 Å². The molecule has 0 aliphatic rings. The average Bonchev–Trinajstić information content (AvgIpc) is 2.36. The highest BCUT2D eigenvalue weighted by Gasteiger charge is 2.11. The fourth-order valence-electron chi connectivity index (χ4n) is 1.88. The molecule has 3 heteroatoms. The number of methoxy groups -OCH3 is 1. The number of hydrogen-bond donors (Lipinski definition) is 0. The van der Waals surface area contributed by atoms with Gasteiger partial charge in [-0.15, -0.1) is 0 Å². The molecule has 3 nitrogen and oxygen atoms in total. The van der Waals surface area contributed by atoms with Crippen LogP contribution in [0, 0.1) is 5.92 Å². The summed E-state index contributed by atoms with van der Waals surface area (Å²) in [6, 6.07) is 0. The predicted molar refractivity (Wildman–Crippen MR) is 68.8 cm³/mol. The van der Waals surface area contributed by atoms with Crippen molar-refractivity contribution < 1.29 is 14.3 Å². The van der Waals surface area contributed by atoms with Crippen LogP contribution in [0.1, 0.15) is 65.2 Å². The zero-order chi connectivity index (χ0) is 13.1. The summed E-state index contributed by atoms with van der Waals surface area (Å²) < 4.78 is 4.51. The van der Waals surface area contributed by atoms with Crippen molar-refractivity contribution in [1.29, 1.82) is 0 Å². The van der Waals surface area contributed by atoms with Gasteiger partial charge in [-0.25, -0.2) is 0 Å². The van der Waals surface area contributed by atoms with Crippen molar-refractivity contribution >= 4 is 11.8 Å². The standard InChI is InChI=1S/C14H26O3/c1-4-6-7-12(5-2)8-9-13(15)10-11-14(16)17-3/h12H,4-11H2,1-3H3. The van der Waals surface area contributed by atoms with E-state index < -0.39 is 0 Å². The van der Waals surface area contributed by atoms with Gasteiger partial charge in [-0.05, 0) is 12.3 Å². The molecule has 17 heavy (non-hydrogen) atoms. The number of rotatable bonds is 10. The zero-order valence-corrected chi connectivity index (χ0v) is 11.5. The van der Waals surface area contributed by atoms with E-state index in [0.717, 1.165) is 12.8 Å². The Hall–Kier alpha value is -0.860. The van der Waals surface area contributed by atoms with Gasteiger partial charge in [0.1, 0.15) is 5.78 Å². The third-order valence-corrected chi connectivity index (χ3v) is 3.21. The second kappa shape index (κ2) is 10.3. The van der Waals surface area contributed by atoms with Crippen molar-refractivity contribution in [2.75, 3.05) is 7.11 Å². The monoisotopic (exact) mass is 242 g/mol. The van der Waals surface area contributed by atoms with Gasteiger partial charge >= 0.3 is 5.97 Å². The molecule has 100 valence electrons. The number of ether oxygens (including phenoxy) is 1. The molecule has 0 N–H and O–H groups in total. The summed E-state index contributed by atoms with van der Waals surface area (Å²) >= 11 is 0. The predicted octanol–water partition coefficient (Wildman–Crippen LogP) is 3.51. The molecule has 0 fully saturated rings. The topological polar surface area (TPSA) is 43.4 Å². The highest BCUT2D eigenvalue weighted by Crippen LogP contribution is 2.19. The maximum Gasteiger partial charge on any atom is 0.305 e. The van der Waals surface area contributed by atoms with Gasteiger partial charge in [0.2, 0.25) is 0 Å². The largest absolute Gasteiger partial charge is 0.469 e. The second-order valence-corrected chi connectivity index (χ2v) is 4.57. The van der Waals surface area contributed by atoms with Crippen LogP contribution in [0.15, 0.2) is 0 Å². The molecule has 0 saturated heterocycles. The lowest BCUT2D eigenvalue weighted by atomic mass is 9.93. The van der Waals surface area contributed by atoms with Gasteiger partial charge < -0.3 is 4.74 Å². The molecule has 0 rings (SSSR count). The summed E-state index contributed by atoms with van der Waals surface area (Å²) in [5.74, 6) is 0.554. The molecular formula is C14H26O3. The maximum atomic E-state index is 11.5. The van der Waals surface area contributed by atoms with Gasteiger partial charge in [-0.2, -0.15) is 0 Å². The van der Waals surface area contributed by atoms with E-state index in [4.69, 9.17) is 0 Å². The van der Waals surface area contributed by atoms with E-state index in [9.17, 15) is 9.59 Å². The van der Waals surface area contributed by atoms with Crippen LogP contribution in [0.5, 0.6) is 0 Å². The number of carbonyl (C=O) groups is 2. The summed E-state index contributed by atoms with van der Waals surface area (Å²) in [4.78, 5) is 22.4. The number of carbonyl (C=O) groups excluding carboxylic acids is 2.